The van der Waals surface area contributed by atoms with Gasteiger partial charge in [-0.25, -0.2) is 0 Å². The normalized spacial score (nSPS) is 12.5. The van der Waals surface area contributed by atoms with Crippen LogP contribution in [0.15, 0.2) is 36.4 Å². The smallest absolute Gasteiger partial charge is 0.178 e. The summed E-state index contributed by atoms with van der Waals surface area (Å²) in [6.07, 6.45) is 0.932. The lowest BCUT2D eigenvalue weighted by Gasteiger charge is -2.18. The van der Waals surface area contributed by atoms with Crippen molar-refractivity contribution < 1.29 is 0 Å². The third-order valence-corrected chi connectivity index (χ3v) is 3.64. The third kappa shape index (κ3) is 2.83. The van der Waals surface area contributed by atoms with E-state index in [2.05, 4.69) is 33.6 Å². The second-order valence-corrected chi connectivity index (χ2v) is 5.33. The van der Waals surface area contributed by atoms with Crippen LogP contribution in [0.2, 0.25) is 5.02 Å². The van der Waals surface area contributed by atoms with E-state index in [4.69, 9.17) is 11.6 Å². The van der Waals surface area contributed by atoms with Crippen LogP contribution in [0.5, 0.6) is 0 Å². The molecule has 6 heteroatoms. The molecule has 0 aliphatic heterocycles. The Balaban J connectivity index is 1.90. The van der Waals surface area contributed by atoms with Crippen molar-refractivity contribution in [2.45, 2.75) is 26.3 Å². The summed E-state index contributed by atoms with van der Waals surface area (Å²) >= 11 is 6.07. The van der Waals surface area contributed by atoms with Gasteiger partial charge in [-0.1, -0.05) is 30.7 Å². The van der Waals surface area contributed by atoms with Crippen LogP contribution in [0.3, 0.4) is 0 Å². The Hall–Kier alpha value is -2.14. The van der Waals surface area contributed by atoms with E-state index in [0.29, 0.717) is 0 Å². The number of benzene rings is 1. The van der Waals surface area contributed by atoms with Gasteiger partial charge in [-0.15, -0.1) is 15.3 Å². The van der Waals surface area contributed by atoms with Gasteiger partial charge < -0.3 is 5.32 Å². The molecular formula is C15H16ClN5. The summed E-state index contributed by atoms with van der Waals surface area (Å²) in [5.74, 6) is 1.56. The Morgan fingerprint density at radius 2 is 2.10 bits per heavy atom. The average Bonchev–Trinajstić information content (AvgIpc) is 2.86. The summed E-state index contributed by atoms with van der Waals surface area (Å²) < 4.78 is 1.73. The largest absolute Gasteiger partial charge is 0.362 e. The highest BCUT2D eigenvalue weighted by molar-refractivity contribution is 6.30. The molecule has 2 heterocycles. The van der Waals surface area contributed by atoms with Crippen molar-refractivity contribution in [1.82, 2.24) is 19.8 Å². The molecule has 1 unspecified atom stereocenters. The standard InChI is InChI=1S/C15H16ClN5/c1-3-13(11-5-4-6-12(16)9-11)17-14-7-8-15-19-18-10(2)21(15)20-14/h4-9,13H,3H2,1-2H3,(H,17,20). The molecule has 0 fully saturated rings. The van der Waals surface area contributed by atoms with Crippen LogP contribution < -0.4 is 5.32 Å². The number of hydrogen-bond acceptors (Lipinski definition) is 4. The van der Waals surface area contributed by atoms with Crippen molar-refractivity contribution in [1.29, 1.82) is 0 Å². The Morgan fingerprint density at radius 1 is 1.24 bits per heavy atom. The lowest BCUT2D eigenvalue weighted by atomic mass is 10.0. The number of anilines is 1. The number of aryl methyl sites for hydroxylation is 1. The first-order chi connectivity index (χ1) is 10.2. The summed E-state index contributed by atoms with van der Waals surface area (Å²) in [6.45, 7) is 4.01. The van der Waals surface area contributed by atoms with E-state index in [1.165, 1.54) is 0 Å². The zero-order chi connectivity index (χ0) is 14.8. The van der Waals surface area contributed by atoms with Gasteiger partial charge in [0.1, 0.15) is 5.82 Å². The SMILES string of the molecule is CCC(Nc1ccc2nnc(C)n2n1)c1cccc(Cl)c1. The molecule has 1 N–H and O–H groups in total. The van der Waals surface area contributed by atoms with Gasteiger partial charge in [0.25, 0.3) is 0 Å². The topological polar surface area (TPSA) is 55.1 Å². The van der Waals surface area contributed by atoms with Crippen LogP contribution in [0.25, 0.3) is 5.65 Å². The Bertz CT molecular complexity index is 768. The molecule has 3 rings (SSSR count). The minimum absolute atomic E-state index is 0.158. The minimum atomic E-state index is 0.158. The number of nitrogens with one attached hydrogen (secondary N) is 1. The maximum Gasteiger partial charge on any atom is 0.178 e. The molecule has 0 aliphatic carbocycles. The fraction of sp³-hybridized carbons (Fsp3) is 0.267. The third-order valence-electron chi connectivity index (χ3n) is 3.40. The van der Waals surface area contributed by atoms with Crippen molar-refractivity contribution >= 4 is 23.1 Å². The van der Waals surface area contributed by atoms with Crippen molar-refractivity contribution in [3.8, 4) is 0 Å². The number of halogens is 1. The highest BCUT2D eigenvalue weighted by atomic mass is 35.5. The minimum Gasteiger partial charge on any atom is -0.362 e. The van der Waals surface area contributed by atoms with Gasteiger partial charge in [0.05, 0.1) is 6.04 Å². The summed E-state index contributed by atoms with van der Waals surface area (Å²) in [5, 5.41) is 16.7. The first-order valence-electron chi connectivity index (χ1n) is 6.88. The molecule has 0 radical (unpaired) electrons. The number of nitrogens with zero attached hydrogens (tertiary/aromatic N) is 4. The molecule has 0 amide bonds. The molecule has 0 saturated carbocycles. The van der Waals surface area contributed by atoms with Crippen molar-refractivity contribution in [2.75, 3.05) is 5.32 Å². The van der Waals surface area contributed by atoms with Gasteiger partial charge in [-0.3, -0.25) is 0 Å². The molecular weight excluding hydrogens is 286 g/mol. The van der Waals surface area contributed by atoms with E-state index in [1.54, 1.807) is 4.52 Å². The van der Waals surface area contributed by atoms with Crippen molar-refractivity contribution in [3.63, 3.8) is 0 Å². The van der Waals surface area contributed by atoms with Gasteiger partial charge in [-0.2, -0.15) is 4.52 Å². The molecule has 0 bridgehead atoms. The van der Waals surface area contributed by atoms with Gasteiger partial charge in [0.15, 0.2) is 11.5 Å². The number of hydrogen-bond donors (Lipinski definition) is 1. The molecule has 3 aromatic rings. The Kier molecular flexibility index (Phi) is 3.75. The quantitative estimate of drug-likeness (QED) is 0.799. The van der Waals surface area contributed by atoms with Gasteiger partial charge in [-0.05, 0) is 43.2 Å². The Labute approximate surface area is 128 Å². The molecule has 0 spiro atoms. The second kappa shape index (κ2) is 5.69. The van der Waals surface area contributed by atoms with Crippen LogP contribution in [-0.2, 0) is 0 Å². The summed E-state index contributed by atoms with van der Waals surface area (Å²) in [6, 6.07) is 11.9. The van der Waals surface area contributed by atoms with Crippen LogP contribution in [0, 0.1) is 6.92 Å². The second-order valence-electron chi connectivity index (χ2n) is 4.90. The molecule has 5 nitrogen and oxygen atoms in total. The van der Waals surface area contributed by atoms with Gasteiger partial charge in [0, 0.05) is 5.02 Å². The van der Waals surface area contributed by atoms with E-state index < -0.39 is 0 Å². The molecule has 2 aromatic heterocycles. The molecule has 108 valence electrons. The van der Waals surface area contributed by atoms with E-state index in [9.17, 15) is 0 Å². The van der Waals surface area contributed by atoms with Gasteiger partial charge >= 0.3 is 0 Å². The lowest BCUT2D eigenvalue weighted by molar-refractivity contribution is 0.735. The Morgan fingerprint density at radius 3 is 2.86 bits per heavy atom. The van der Waals surface area contributed by atoms with Crippen LogP contribution in [-0.4, -0.2) is 19.8 Å². The van der Waals surface area contributed by atoms with Crippen molar-refractivity contribution in [3.05, 3.63) is 52.8 Å². The number of aromatic nitrogens is 4. The first-order valence-corrected chi connectivity index (χ1v) is 7.26. The fourth-order valence-corrected chi connectivity index (χ4v) is 2.49. The van der Waals surface area contributed by atoms with Crippen LogP contribution in [0.4, 0.5) is 5.82 Å². The molecule has 0 aliphatic rings. The molecule has 0 saturated heterocycles. The van der Waals surface area contributed by atoms with E-state index in [1.807, 2.05) is 37.3 Å². The summed E-state index contributed by atoms with van der Waals surface area (Å²) in [5.41, 5.74) is 1.89. The zero-order valence-electron chi connectivity index (χ0n) is 11.9. The molecule has 1 aromatic carbocycles. The average molecular weight is 302 g/mol. The van der Waals surface area contributed by atoms with E-state index >= 15 is 0 Å². The van der Waals surface area contributed by atoms with Crippen molar-refractivity contribution in [2.24, 2.45) is 0 Å². The van der Waals surface area contributed by atoms with Crippen LogP contribution >= 0.6 is 11.6 Å². The predicted octanol–water partition coefficient (Wildman–Crippen LogP) is 3.65. The molecule has 21 heavy (non-hydrogen) atoms. The van der Waals surface area contributed by atoms with E-state index in [0.717, 1.165) is 34.3 Å². The maximum atomic E-state index is 6.07. The summed E-state index contributed by atoms with van der Waals surface area (Å²) in [4.78, 5) is 0. The number of fused-ring (bicyclic) bond motifs is 1. The van der Waals surface area contributed by atoms with E-state index in [-0.39, 0.29) is 6.04 Å². The highest BCUT2D eigenvalue weighted by Crippen LogP contribution is 2.24. The number of rotatable bonds is 4. The first kappa shape index (κ1) is 13.8. The lowest BCUT2D eigenvalue weighted by Crippen LogP contribution is -2.12. The summed E-state index contributed by atoms with van der Waals surface area (Å²) in [7, 11) is 0. The zero-order valence-corrected chi connectivity index (χ0v) is 12.7. The van der Waals surface area contributed by atoms with Crippen LogP contribution in [0.1, 0.15) is 30.8 Å². The van der Waals surface area contributed by atoms with Gasteiger partial charge in [0.2, 0.25) is 0 Å². The maximum absolute atomic E-state index is 6.07. The highest BCUT2D eigenvalue weighted by Gasteiger charge is 2.11. The predicted molar refractivity (Wildman–Crippen MR) is 83.6 cm³/mol. The fourth-order valence-electron chi connectivity index (χ4n) is 2.30. The monoisotopic (exact) mass is 301 g/mol. The molecule has 1 atom stereocenters.